The molecule has 0 N–H and O–H groups in total. The van der Waals surface area contributed by atoms with Gasteiger partial charge in [0.25, 0.3) is 0 Å². The fourth-order valence-electron chi connectivity index (χ4n) is 7.06. The molecule has 2 nitrogen and oxygen atoms in total. The second-order valence-corrected chi connectivity index (χ2v) is 12.5. The maximum atomic E-state index is 6.39. The summed E-state index contributed by atoms with van der Waals surface area (Å²) in [5.74, 6) is 0. The van der Waals surface area contributed by atoms with E-state index in [9.17, 15) is 0 Å². The molecule has 0 bridgehead atoms. The van der Waals surface area contributed by atoms with Gasteiger partial charge in [-0.05, 0) is 75.3 Å². The third-order valence-corrected chi connectivity index (χ3v) is 9.52. The Hall–Kier alpha value is -6.64. The van der Waals surface area contributed by atoms with Crippen LogP contribution in [0.15, 0.2) is 205 Å². The monoisotopic (exact) mass is 639 g/mol. The number of rotatable bonds is 7. The molecule has 0 atom stereocenters. The highest BCUT2D eigenvalue weighted by Gasteiger charge is 2.19. The molecule has 8 aromatic carbocycles. The van der Waals surface area contributed by atoms with E-state index in [1.165, 1.54) is 33.4 Å². The van der Waals surface area contributed by atoms with E-state index >= 15 is 0 Å². The van der Waals surface area contributed by atoms with Crippen molar-refractivity contribution in [3.05, 3.63) is 200 Å². The lowest BCUT2D eigenvalue weighted by molar-refractivity contribution is 0.669. The minimum atomic E-state index is 0.867. The van der Waals surface area contributed by atoms with E-state index in [0.29, 0.717) is 0 Å². The van der Waals surface area contributed by atoms with Gasteiger partial charge in [-0.15, -0.1) is 0 Å². The Bertz CT molecular complexity index is 2570. The number of furan rings is 1. The van der Waals surface area contributed by atoms with E-state index in [-0.39, 0.29) is 0 Å². The molecule has 1 heterocycles. The molecule has 0 saturated carbocycles. The zero-order chi connectivity index (χ0) is 33.3. The Kier molecular flexibility index (Phi) is 7.53. The van der Waals surface area contributed by atoms with Crippen molar-refractivity contribution >= 4 is 39.0 Å². The minimum Gasteiger partial charge on any atom is -0.456 e. The average Bonchev–Trinajstić information content (AvgIpc) is 3.57. The molecular weight excluding hydrogens is 607 g/mol. The Balaban J connectivity index is 1.18. The van der Waals surface area contributed by atoms with Crippen molar-refractivity contribution in [2.75, 3.05) is 4.90 Å². The third kappa shape index (κ3) is 5.43. The number of fused-ring (bicyclic) bond motifs is 3. The van der Waals surface area contributed by atoms with Crippen molar-refractivity contribution in [2.45, 2.75) is 0 Å². The van der Waals surface area contributed by atoms with E-state index < -0.39 is 0 Å². The highest BCUT2D eigenvalue weighted by Crippen LogP contribution is 2.43. The number of hydrogen-bond donors (Lipinski definition) is 0. The first-order valence-electron chi connectivity index (χ1n) is 17.0. The molecule has 236 valence electrons. The van der Waals surface area contributed by atoms with Gasteiger partial charge in [0.15, 0.2) is 0 Å². The maximum absolute atomic E-state index is 6.39. The SMILES string of the molecule is c1ccc(-c2ccc(-c3ccccc3N(c3ccc(-c4ccccc4-c4ccccc4)cc3)c3ccc4c(c3)oc3ccccc34)cc2)cc1. The van der Waals surface area contributed by atoms with Crippen LogP contribution in [0, 0.1) is 0 Å². The predicted molar refractivity (Wildman–Crippen MR) is 210 cm³/mol. The maximum Gasteiger partial charge on any atom is 0.137 e. The second kappa shape index (κ2) is 12.8. The first-order valence-corrected chi connectivity index (χ1v) is 17.0. The summed E-state index contributed by atoms with van der Waals surface area (Å²) in [6.07, 6.45) is 0. The zero-order valence-corrected chi connectivity index (χ0v) is 27.4. The number of benzene rings is 8. The lowest BCUT2D eigenvalue weighted by atomic mass is 9.94. The van der Waals surface area contributed by atoms with E-state index in [0.717, 1.165) is 50.1 Å². The van der Waals surface area contributed by atoms with Crippen LogP contribution in [0.3, 0.4) is 0 Å². The van der Waals surface area contributed by atoms with Gasteiger partial charge in [-0.3, -0.25) is 0 Å². The number of hydrogen-bond acceptors (Lipinski definition) is 2. The molecule has 1 aromatic heterocycles. The highest BCUT2D eigenvalue weighted by molar-refractivity contribution is 6.06. The quantitative estimate of drug-likeness (QED) is 0.173. The van der Waals surface area contributed by atoms with Gasteiger partial charge >= 0.3 is 0 Å². The number of anilines is 3. The summed E-state index contributed by atoms with van der Waals surface area (Å²) in [5.41, 5.74) is 14.5. The third-order valence-electron chi connectivity index (χ3n) is 9.52. The predicted octanol–water partition coefficient (Wildman–Crippen LogP) is 13.7. The highest BCUT2D eigenvalue weighted by atomic mass is 16.3. The topological polar surface area (TPSA) is 16.4 Å². The standard InChI is InChI=1S/C48H33NO/c1-3-13-34(14-4-1)35-23-25-38(26-24-35)43-19-9-11-21-46(43)49(40-31-32-45-44-20-10-12-22-47(44)50-48(45)33-40)39-29-27-37(28-30-39)42-18-8-7-17-41(42)36-15-5-2-6-16-36/h1-33H. The average molecular weight is 640 g/mol. The summed E-state index contributed by atoms with van der Waals surface area (Å²) in [7, 11) is 0. The molecule has 2 heteroatoms. The summed E-state index contributed by atoms with van der Waals surface area (Å²) in [6.45, 7) is 0. The molecule has 0 amide bonds. The van der Waals surface area contributed by atoms with Gasteiger partial charge in [-0.1, -0.05) is 158 Å². The van der Waals surface area contributed by atoms with Crippen LogP contribution in [0.5, 0.6) is 0 Å². The molecule has 0 saturated heterocycles. The Morgan fingerprint density at radius 3 is 1.48 bits per heavy atom. The second-order valence-electron chi connectivity index (χ2n) is 12.5. The first-order chi connectivity index (χ1) is 24.8. The van der Waals surface area contributed by atoms with Crippen LogP contribution in [-0.2, 0) is 0 Å². The molecule has 0 aliphatic rings. The van der Waals surface area contributed by atoms with Crippen molar-refractivity contribution in [1.29, 1.82) is 0 Å². The number of nitrogens with zero attached hydrogens (tertiary/aromatic N) is 1. The van der Waals surface area contributed by atoms with Crippen LogP contribution < -0.4 is 4.90 Å². The molecule has 50 heavy (non-hydrogen) atoms. The van der Waals surface area contributed by atoms with Crippen molar-refractivity contribution in [3.63, 3.8) is 0 Å². The first kappa shape index (κ1) is 29.5. The summed E-state index contributed by atoms with van der Waals surface area (Å²) in [5, 5.41) is 2.24. The van der Waals surface area contributed by atoms with Gasteiger partial charge in [-0.25, -0.2) is 0 Å². The molecule has 9 rings (SSSR count). The van der Waals surface area contributed by atoms with Crippen molar-refractivity contribution in [2.24, 2.45) is 0 Å². The molecule has 0 unspecified atom stereocenters. The summed E-state index contributed by atoms with van der Waals surface area (Å²) in [4.78, 5) is 2.35. The Morgan fingerprint density at radius 2 is 0.760 bits per heavy atom. The molecule has 0 aliphatic heterocycles. The van der Waals surface area contributed by atoms with Gasteiger partial charge in [0.05, 0.1) is 5.69 Å². The summed E-state index contributed by atoms with van der Waals surface area (Å²) in [6, 6.07) is 71.1. The molecule has 9 aromatic rings. The van der Waals surface area contributed by atoms with E-state index in [2.05, 4.69) is 193 Å². The van der Waals surface area contributed by atoms with Crippen LogP contribution in [0.25, 0.3) is 66.4 Å². The largest absolute Gasteiger partial charge is 0.456 e. The number of para-hydroxylation sites is 2. The van der Waals surface area contributed by atoms with E-state index in [1.54, 1.807) is 0 Å². The van der Waals surface area contributed by atoms with Crippen molar-refractivity contribution in [3.8, 4) is 44.5 Å². The van der Waals surface area contributed by atoms with Crippen LogP contribution in [-0.4, -0.2) is 0 Å². The zero-order valence-electron chi connectivity index (χ0n) is 27.4. The smallest absolute Gasteiger partial charge is 0.137 e. The normalized spacial score (nSPS) is 11.2. The minimum absolute atomic E-state index is 0.867. The fourth-order valence-corrected chi connectivity index (χ4v) is 7.06. The Morgan fingerprint density at radius 1 is 0.300 bits per heavy atom. The van der Waals surface area contributed by atoms with Crippen molar-refractivity contribution < 1.29 is 4.42 Å². The lowest BCUT2D eigenvalue weighted by Gasteiger charge is -2.28. The summed E-state index contributed by atoms with van der Waals surface area (Å²) < 4.78 is 6.39. The van der Waals surface area contributed by atoms with E-state index in [4.69, 9.17) is 4.42 Å². The molecule has 0 spiro atoms. The van der Waals surface area contributed by atoms with Crippen LogP contribution in [0.1, 0.15) is 0 Å². The fraction of sp³-hybridized carbons (Fsp3) is 0. The van der Waals surface area contributed by atoms with E-state index in [1.807, 2.05) is 12.1 Å². The molecular formula is C48H33NO. The van der Waals surface area contributed by atoms with Crippen LogP contribution in [0.2, 0.25) is 0 Å². The molecule has 0 fully saturated rings. The van der Waals surface area contributed by atoms with Crippen molar-refractivity contribution in [1.82, 2.24) is 0 Å². The lowest BCUT2D eigenvalue weighted by Crippen LogP contribution is -2.11. The molecule has 0 radical (unpaired) electrons. The molecule has 0 aliphatic carbocycles. The van der Waals surface area contributed by atoms with Gasteiger partial charge in [-0.2, -0.15) is 0 Å². The van der Waals surface area contributed by atoms with Crippen LogP contribution >= 0.6 is 0 Å². The van der Waals surface area contributed by atoms with Crippen LogP contribution in [0.4, 0.5) is 17.1 Å². The van der Waals surface area contributed by atoms with Gasteiger partial charge in [0.1, 0.15) is 11.2 Å². The van der Waals surface area contributed by atoms with Gasteiger partial charge < -0.3 is 9.32 Å². The summed E-state index contributed by atoms with van der Waals surface area (Å²) >= 11 is 0. The Labute approximate surface area is 292 Å². The van der Waals surface area contributed by atoms with Gasteiger partial charge in [0, 0.05) is 33.8 Å². The van der Waals surface area contributed by atoms with Gasteiger partial charge in [0.2, 0.25) is 0 Å².